The van der Waals surface area contributed by atoms with Crippen LogP contribution in [0.1, 0.15) is 12.5 Å². The van der Waals surface area contributed by atoms with Crippen molar-refractivity contribution < 1.29 is 9.90 Å². The van der Waals surface area contributed by atoms with Crippen molar-refractivity contribution in [1.82, 2.24) is 4.98 Å². The molecule has 2 amide bonds. The molecule has 0 unspecified atom stereocenters. The van der Waals surface area contributed by atoms with Crippen LogP contribution in [0.3, 0.4) is 0 Å². The summed E-state index contributed by atoms with van der Waals surface area (Å²) in [5, 5.41) is 15.5. The maximum Gasteiger partial charge on any atom is 0.346 e. The van der Waals surface area contributed by atoms with Gasteiger partial charge < -0.3 is 15.4 Å². The SMILES string of the molecule is CC(c1c(O)[nH]c2ccc(Br)cc12)=c1ccc2c(c1)NC(=O)N=2. The smallest absolute Gasteiger partial charge is 0.346 e. The highest BCUT2D eigenvalue weighted by molar-refractivity contribution is 9.10. The summed E-state index contributed by atoms with van der Waals surface area (Å²) in [5.74, 6) is 0.129. The van der Waals surface area contributed by atoms with Crippen molar-refractivity contribution >= 4 is 44.1 Å². The van der Waals surface area contributed by atoms with Crippen LogP contribution in [-0.4, -0.2) is 16.1 Å². The van der Waals surface area contributed by atoms with Crippen LogP contribution in [0.5, 0.6) is 5.88 Å². The minimum absolute atomic E-state index is 0.129. The third-order valence-corrected chi connectivity index (χ3v) is 4.50. The first-order valence-electron chi connectivity index (χ1n) is 7.04. The van der Waals surface area contributed by atoms with Gasteiger partial charge in [0.15, 0.2) is 5.88 Å². The van der Waals surface area contributed by atoms with Crippen LogP contribution < -0.4 is 15.9 Å². The van der Waals surface area contributed by atoms with Crippen LogP contribution in [0.25, 0.3) is 16.5 Å². The van der Waals surface area contributed by atoms with Crippen LogP contribution >= 0.6 is 15.9 Å². The minimum atomic E-state index is -0.353. The fourth-order valence-corrected chi connectivity index (χ4v) is 3.25. The summed E-state index contributed by atoms with van der Waals surface area (Å²) < 4.78 is 0.943. The number of urea groups is 1. The number of hydrogen-bond acceptors (Lipinski definition) is 2. The predicted octanol–water partition coefficient (Wildman–Crippen LogP) is 3.02. The second-order valence-corrected chi connectivity index (χ2v) is 6.35. The predicted molar refractivity (Wildman–Crippen MR) is 92.1 cm³/mol. The van der Waals surface area contributed by atoms with Crippen molar-refractivity contribution in [2.75, 3.05) is 5.32 Å². The molecule has 23 heavy (non-hydrogen) atoms. The molecule has 3 N–H and O–H groups in total. The van der Waals surface area contributed by atoms with Crippen molar-refractivity contribution in [2.24, 2.45) is 4.99 Å². The van der Waals surface area contributed by atoms with E-state index in [1.807, 2.05) is 37.3 Å². The standard InChI is InChI=1S/C17H12BrN3O2/c1-8(9-2-4-13-14(6-9)21-17(23)20-13)15-11-7-10(18)3-5-12(11)19-16(15)22/h2-7,19,22H,1H3,(H,21,23). The Morgan fingerprint density at radius 3 is 2.87 bits per heavy atom. The number of nitrogens with zero attached hydrogens (tertiary/aromatic N) is 1. The first-order chi connectivity index (χ1) is 11.0. The lowest BCUT2D eigenvalue weighted by atomic mass is 10.0. The molecule has 5 nitrogen and oxygen atoms in total. The molecule has 0 aliphatic carbocycles. The van der Waals surface area contributed by atoms with Gasteiger partial charge in [0, 0.05) is 20.9 Å². The maximum absolute atomic E-state index is 11.3. The molecule has 0 spiro atoms. The van der Waals surface area contributed by atoms with Gasteiger partial charge in [0.2, 0.25) is 0 Å². The summed E-state index contributed by atoms with van der Waals surface area (Å²) >= 11 is 3.46. The van der Waals surface area contributed by atoms with Gasteiger partial charge in [-0.25, -0.2) is 4.79 Å². The Morgan fingerprint density at radius 2 is 2.04 bits per heavy atom. The summed E-state index contributed by atoms with van der Waals surface area (Å²) in [4.78, 5) is 18.2. The number of benzene rings is 2. The van der Waals surface area contributed by atoms with Crippen LogP contribution in [0.4, 0.5) is 10.5 Å². The summed E-state index contributed by atoms with van der Waals surface area (Å²) in [5.41, 5.74) is 3.22. The second kappa shape index (κ2) is 4.96. The monoisotopic (exact) mass is 369 g/mol. The van der Waals surface area contributed by atoms with Gasteiger partial charge in [-0.15, -0.1) is 0 Å². The fourth-order valence-electron chi connectivity index (χ4n) is 2.89. The molecule has 0 radical (unpaired) electrons. The number of carbonyl (C=O) groups excluding carboxylic acids is 1. The number of aromatic amines is 1. The van der Waals surface area contributed by atoms with E-state index in [0.29, 0.717) is 11.0 Å². The third kappa shape index (κ3) is 2.22. The van der Waals surface area contributed by atoms with E-state index in [1.165, 1.54) is 0 Å². The highest BCUT2D eigenvalue weighted by atomic mass is 79.9. The van der Waals surface area contributed by atoms with E-state index in [1.54, 1.807) is 6.07 Å². The number of carbonyl (C=O) groups is 1. The topological polar surface area (TPSA) is 77.5 Å². The maximum atomic E-state index is 11.3. The van der Waals surface area contributed by atoms with Gasteiger partial charge in [0.05, 0.1) is 11.0 Å². The van der Waals surface area contributed by atoms with Crippen molar-refractivity contribution in [3.8, 4) is 5.88 Å². The van der Waals surface area contributed by atoms with Gasteiger partial charge in [0.1, 0.15) is 0 Å². The molecule has 4 rings (SSSR count). The van der Waals surface area contributed by atoms with Gasteiger partial charge in [-0.1, -0.05) is 22.0 Å². The molecule has 0 bridgehead atoms. The molecule has 2 aromatic carbocycles. The zero-order chi connectivity index (χ0) is 16.1. The van der Waals surface area contributed by atoms with Crippen LogP contribution in [-0.2, 0) is 0 Å². The number of rotatable bonds is 1. The average molecular weight is 370 g/mol. The first kappa shape index (κ1) is 14.0. The van der Waals surface area contributed by atoms with Crippen molar-refractivity contribution in [1.29, 1.82) is 0 Å². The van der Waals surface area contributed by atoms with E-state index >= 15 is 0 Å². The molecule has 1 aliphatic rings. The van der Waals surface area contributed by atoms with E-state index < -0.39 is 0 Å². The number of aromatic nitrogens is 1. The Kier molecular flexibility index (Phi) is 3.02. The summed E-state index contributed by atoms with van der Waals surface area (Å²) in [6.45, 7) is 1.94. The van der Waals surface area contributed by atoms with Gasteiger partial charge in [-0.3, -0.25) is 0 Å². The number of aromatic hydroxyl groups is 1. The number of amides is 2. The highest BCUT2D eigenvalue weighted by Gasteiger charge is 2.15. The quantitative estimate of drug-likeness (QED) is 0.616. The van der Waals surface area contributed by atoms with E-state index in [0.717, 1.165) is 31.7 Å². The largest absolute Gasteiger partial charge is 0.494 e. The molecule has 0 saturated heterocycles. The van der Waals surface area contributed by atoms with E-state index in [4.69, 9.17) is 0 Å². The fraction of sp³-hybridized carbons (Fsp3) is 0.0588. The van der Waals surface area contributed by atoms with Crippen molar-refractivity contribution in [3.05, 3.63) is 57.0 Å². The van der Waals surface area contributed by atoms with Crippen molar-refractivity contribution in [3.63, 3.8) is 0 Å². The Morgan fingerprint density at radius 1 is 1.22 bits per heavy atom. The number of H-pyrrole nitrogens is 1. The zero-order valence-corrected chi connectivity index (χ0v) is 13.7. The highest BCUT2D eigenvalue weighted by Crippen LogP contribution is 2.33. The Bertz CT molecular complexity index is 1100. The molecule has 3 aromatic rings. The van der Waals surface area contributed by atoms with Gasteiger partial charge in [-0.2, -0.15) is 4.99 Å². The molecule has 114 valence electrons. The molecule has 6 heteroatoms. The molecular weight excluding hydrogens is 358 g/mol. The number of anilines is 1. The number of halogens is 1. The lowest BCUT2D eigenvalue weighted by Gasteiger charge is -2.03. The Hall–Kier alpha value is -2.60. The third-order valence-electron chi connectivity index (χ3n) is 4.01. The molecule has 1 aliphatic heterocycles. The van der Waals surface area contributed by atoms with E-state index in [9.17, 15) is 9.90 Å². The lowest BCUT2D eigenvalue weighted by molar-refractivity contribution is 0.260. The average Bonchev–Trinajstić information content (AvgIpc) is 3.03. The first-order valence-corrected chi connectivity index (χ1v) is 7.83. The summed E-state index contributed by atoms with van der Waals surface area (Å²) in [6, 6.07) is 11.0. The van der Waals surface area contributed by atoms with Gasteiger partial charge in [0.25, 0.3) is 0 Å². The van der Waals surface area contributed by atoms with Gasteiger partial charge in [-0.05, 0) is 48.0 Å². The van der Waals surface area contributed by atoms with Crippen LogP contribution in [0, 0.1) is 0 Å². The Labute approximate surface area is 139 Å². The lowest BCUT2D eigenvalue weighted by Crippen LogP contribution is -2.12. The van der Waals surface area contributed by atoms with Crippen LogP contribution in [0.2, 0.25) is 0 Å². The molecule has 2 heterocycles. The number of fused-ring (bicyclic) bond motifs is 2. The number of hydrogen-bond donors (Lipinski definition) is 3. The number of nitrogens with one attached hydrogen (secondary N) is 2. The Balaban J connectivity index is 2.00. The van der Waals surface area contributed by atoms with E-state index in [2.05, 4.69) is 31.2 Å². The van der Waals surface area contributed by atoms with Gasteiger partial charge >= 0.3 is 6.03 Å². The summed E-state index contributed by atoms with van der Waals surface area (Å²) in [6.07, 6.45) is 0. The molecular formula is C17H12BrN3O2. The van der Waals surface area contributed by atoms with E-state index in [-0.39, 0.29) is 11.9 Å². The molecule has 0 saturated carbocycles. The molecule has 0 atom stereocenters. The van der Waals surface area contributed by atoms with Crippen molar-refractivity contribution in [2.45, 2.75) is 6.92 Å². The second-order valence-electron chi connectivity index (χ2n) is 5.44. The van der Waals surface area contributed by atoms with Crippen LogP contribution in [0.15, 0.2) is 45.9 Å². The molecule has 1 aromatic heterocycles. The minimum Gasteiger partial charge on any atom is -0.494 e. The normalized spacial score (nSPS) is 14.4. The summed E-state index contributed by atoms with van der Waals surface area (Å²) in [7, 11) is 0. The molecule has 0 fully saturated rings. The zero-order valence-electron chi connectivity index (χ0n) is 12.1.